The van der Waals surface area contributed by atoms with E-state index in [9.17, 15) is 9.18 Å². The fourth-order valence-corrected chi connectivity index (χ4v) is 1.89. The Morgan fingerprint density at radius 3 is 2.64 bits per heavy atom. The van der Waals surface area contributed by atoms with E-state index < -0.39 is 17.8 Å². The number of methoxy groups -OCH3 is 1. The van der Waals surface area contributed by atoms with E-state index in [1.165, 1.54) is 25.5 Å². The van der Waals surface area contributed by atoms with Gasteiger partial charge in [-0.15, -0.1) is 0 Å². The van der Waals surface area contributed by atoms with Crippen molar-refractivity contribution in [2.75, 3.05) is 7.11 Å². The number of carbonyl (C=O) groups is 1. The molecule has 0 saturated heterocycles. The summed E-state index contributed by atoms with van der Waals surface area (Å²) < 4.78 is 23.8. The van der Waals surface area contributed by atoms with E-state index in [1.807, 2.05) is 6.07 Å². The lowest BCUT2D eigenvalue weighted by Gasteiger charge is -2.12. The smallest absolute Gasteiger partial charge is 0.280 e. The highest BCUT2D eigenvalue weighted by molar-refractivity contribution is 5.84. The summed E-state index contributed by atoms with van der Waals surface area (Å²) in [5.41, 5.74) is 3.29. The van der Waals surface area contributed by atoms with Gasteiger partial charge in [-0.05, 0) is 55.0 Å². The Morgan fingerprint density at radius 2 is 2.04 bits per heavy atom. The van der Waals surface area contributed by atoms with Gasteiger partial charge in [-0.1, -0.05) is 0 Å². The standard InChI is InChI=1S/C18H16FN3O3/c1-12(25-15-6-3-13(10-20)4-7-15)18(23)22-21-11-14-5-8-17(24-2)16(19)9-14/h3-9,11-12H,1-2H3,(H,22,23)/b21-11-/t12-/m0/s1. The van der Waals surface area contributed by atoms with Gasteiger partial charge in [0.1, 0.15) is 5.75 Å². The number of nitriles is 1. The molecule has 0 aliphatic rings. The Morgan fingerprint density at radius 1 is 1.32 bits per heavy atom. The summed E-state index contributed by atoms with van der Waals surface area (Å²) in [7, 11) is 1.38. The zero-order valence-corrected chi connectivity index (χ0v) is 13.7. The number of rotatable bonds is 6. The molecule has 0 aliphatic heterocycles. The van der Waals surface area contributed by atoms with Crippen molar-refractivity contribution in [3.63, 3.8) is 0 Å². The Balaban J connectivity index is 1.90. The number of amides is 1. The van der Waals surface area contributed by atoms with E-state index >= 15 is 0 Å². The fourth-order valence-electron chi connectivity index (χ4n) is 1.89. The molecule has 1 N–H and O–H groups in total. The van der Waals surface area contributed by atoms with Crippen LogP contribution in [0.4, 0.5) is 4.39 Å². The van der Waals surface area contributed by atoms with Gasteiger partial charge < -0.3 is 9.47 Å². The van der Waals surface area contributed by atoms with Gasteiger partial charge in [-0.2, -0.15) is 10.4 Å². The first kappa shape index (κ1) is 17.9. The molecule has 0 radical (unpaired) electrons. The Bertz CT molecular complexity index is 813. The predicted octanol–water partition coefficient (Wildman–Crippen LogP) is 2.62. The number of hydrogen-bond donors (Lipinski definition) is 1. The molecule has 128 valence electrons. The zero-order valence-electron chi connectivity index (χ0n) is 13.7. The largest absolute Gasteiger partial charge is 0.494 e. The minimum atomic E-state index is -0.794. The van der Waals surface area contributed by atoms with Crippen LogP contribution in [0.2, 0.25) is 0 Å². The van der Waals surface area contributed by atoms with Gasteiger partial charge in [-0.3, -0.25) is 4.79 Å². The SMILES string of the molecule is COc1ccc(/C=N\NC(=O)[C@H](C)Oc2ccc(C#N)cc2)cc1F. The topological polar surface area (TPSA) is 83.7 Å². The minimum Gasteiger partial charge on any atom is -0.494 e. The summed E-state index contributed by atoms with van der Waals surface area (Å²) in [6, 6.07) is 12.7. The molecular formula is C18H16FN3O3. The molecule has 0 unspecified atom stereocenters. The average molecular weight is 341 g/mol. The van der Waals surface area contributed by atoms with Crippen molar-refractivity contribution in [2.45, 2.75) is 13.0 Å². The van der Waals surface area contributed by atoms with Crippen molar-refractivity contribution in [2.24, 2.45) is 5.10 Å². The van der Waals surface area contributed by atoms with E-state index in [0.717, 1.165) is 0 Å². The number of carbonyl (C=O) groups excluding carboxylic acids is 1. The predicted molar refractivity (Wildman–Crippen MR) is 89.9 cm³/mol. The molecule has 0 spiro atoms. The lowest BCUT2D eigenvalue weighted by atomic mass is 10.2. The van der Waals surface area contributed by atoms with Gasteiger partial charge in [0.15, 0.2) is 17.7 Å². The van der Waals surface area contributed by atoms with Crippen LogP contribution in [0.15, 0.2) is 47.6 Å². The highest BCUT2D eigenvalue weighted by atomic mass is 19.1. The summed E-state index contributed by atoms with van der Waals surface area (Å²) in [5.74, 6) is -0.390. The number of hydrogen-bond acceptors (Lipinski definition) is 5. The van der Waals surface area contributed by atoms with Crippen LogP contribution >= 0.6 is 0 Å². The highest BCUT2D eigenvalue weighted by Gasteiger charge is 2.13. The van der Waals surface area contributed by atoms with Gasteiger partial charge in [-0.25, -0.2) is 9.82 Å². The van der Waals surface area contributed by atoms with Crippen molar-refractivity contribution in [3.05, 3.63) is 59.4 Å². The maximum atomic E-state index is 13.5. The normalized spacial score (nSPS) is 11.6. The zero-order chi connectivity index (χ0) is 18.2. The lowest BCUT2D eigenvalue weighted by Crippen LogP contribution is -2.33. The molecule has 2 aromatic rings. The second-order valence-corrected chi connectivity index (χ2v) is 5.02. The lowest BCUT2D eigenvalue weighted by molar-refractivity contribution is -0.127. The third-order valence-corrected chi connectivity index (χ3v) is 3.23. The van der Waals surface area contributed by atoms with Gasteiger partial charge in [0.2, 0.25) is 0 Å². The number of hydrazone groups is 1. The van der Waals surface area contributed by atoms with Crippen molar-refractivity contribution >= 4 is 12.1 Å². The molecule has 7 heteroatoms. The highest BCUT2D eigenvalue weighted by Crippen LogP contribution is 2.16. The number of nitrogens with one attached hydrogen (secondary N) is 1. The third-order valence-electron chi connectivity index (χ3n) is 3.23. The molecule has 6 nitrogen and oxygen atoms in total. The minimum absolute atomic E-state index is 0.130. The molecular weight excluding hydrogens is 325 g/mol. The van der Waals surface area contributed by atoms with Crippen LogP contribution in [0.5, 0.6) is 11.5 Å². The van der Waals surface area contributed by atoms with E-state index in [1.54, 1.807) is 37.3 Å². The van der Waals surface area contributed by atoms with Crippen molar-refractivity contribution in [1.29, 1.82) is 5.26 Å². The number of ether oxygens (including phenoxy) is 2. The monoisotopic (exact) mass is 341 g/mol. The van der Waals surface area contributed by atoms with Gasteiger partial charge >= 0.3 is 0 Å². The molecule has 0 saturated carbocycles. The first-order chi connectivity index (χ1) is 12.0. The number of benzene rings is 2. The third kappa shape index (κ3) is 5.04. The van der Waals surface area contributed by atoms with Gasteiger partial charge in [0.25, 0.3) is 5.91 Å². The molecule has 2 rings (SSSR count). The van der Waals surface area contributed by atoms with Gasteiger partial charge in [0.05, 0.1) is 25.0 Å². The van der Waals surface area contributed by atoms with Crippen molar-refractivity contribution in [3.8, 4) is 17.6 Å². The van der Waals surface area contributed by atoms with E-state index in [4.69, 9.17) is 14.7 Å². The van der Waals surface area contributed by atoms with E-state index in [0.29, 0.717) is 16.9 Å². The second-order valence-electron chi connectivity index (χ2n) is 5.02. The Kier molecular flexibility index (Phi) is 6.07. The van der Waals surface area contributed by atoms with Crippen LogP contribution in [0, 0.1) is 17.1 Å². The van der Waals surface area contributed by atoms with Crippen molar-refractivity contribution < 1.29 is 18.7 Å². The molecule has 0 aliphatic carbocycles. The summed E-state index contributed by atoms with van der Waals surface area (Å²) in [6.07, 6.45) is 0.521. The number of nitrogens with zero attached hydrogens (tertiary/aromatic N) is 2. The Labute approximate surface area is 144 Å². The summed E-state index contributed by atoms with van der Waals surface area (Å²) in [6.45, 7) is 1.57. The molecule has 0 heterocycles. The first-order valence-electron chi connectivity index (χ1n) is 7.36. The molecule has 0 aromatic heterocycles. The molecule has 0 bridgehead atoms. The van der Waals surface area contributed by atoms with E-state index in [-0.39, 0.29) is 5.75 Å². The van der Waals surface area contributed by atoms with Crippen LogP contribution in [0.25, 0.3) is 0 Å². The molecule has 25 heavy (non-hydrogen) atoms. The van der Waals surface area contributed by atoms with Crippen LogP contribution < -0.4 is 14.9 Å². The molecule has 0 fully saturated rings. The van der Waals surface area contributed by atoms with Crippen LogP contribution in [-0.4, -0.2) is 25.3 Å². The summed E-state index contributed by atoms with van der Waals surface area (Å²) >= 11 is 0. The van der Waals surface area contributed by atoms with Crippen LogP contribution in [-0.2, 0) is 4.79 Å². The van der Waals surface area contributed by atoms with Crippen LogP contribution in [0.1, 0.15) is 18.1 Å². The quantitative estimate of drug-likeness (QED) is 0.647. The molecule has 1 atom stereocenters. The molecule has 2 aromatic carbocycles. The Hall–Kier alpha value is -3.40. The van der Waals surface area contributed by atoms with Gasteiger partial charge in [0, 0.05) is 0 Å². The molecule has 1 amide bonds. The summed E-state index contributed by atoms with van der Waals surface area (Å²) in [4.78, 5) is 11.9. The van der Waals surface area contributed by atoms with E-state index in [2.05, 4.69) is 10.5 Å². The number of halogens is 1. The maximum Gasteiger partial charge on any atom is 0.280 e. The van der Waals surface area contributed by atoms with Crippen LogP contribution in [0.3, 0.4) is 0 Å². The maximum absolute atomic E-state index is 13.5. The fraction of sp³-hybridized carbons (Fsp3) is 0.167. The first-order valence-corrected chi connectivity index (χ1v) is 7.36. The summed E-state index contributed by atoms with van der Waals surface area (Å²) in [5, 5.41) is 12.5. The van der Waals surface area contributed by atoms with Crippen molar-refractivity contribution in [1.82, 2.24) is 5.43 Å². The second kappa shape index (κ2) is 8.45. The average Bonchev–Trinajstić information content (AvgIpc) is 2.62.